The van der Waals surface area contributed by atoms with Crippen LogP contribution in [0.25, 0.3) is 0 Å². The second kappa shape index (κ2) is 4.97. The van der Waals surface area contributed by atoms with E-state index in [1.54, 1.807) is 6.07 Å². The van der Waals surface area contributed by atoms with Gasteiger partial charge in [-0.15, -0.1) is 0 Å². The fourth-order valence-corrected chi connectivity index (χ4v) is 5.48. The Balaban J connectivity index is 1.85. The lowest BCUT2D eigenvalue weighted by atomic mass is 9.66. The van der Waals surface area contributed by atoms with Gasteiger partial charge in [-0.1, -0.05) is 11.6 Å². The molecule has 2 aliphatic rings. The van der Waals surface area contributed by atoms with Gasteiger partial charge < -0.3 is 5.32 Å². The molecule has 20 heavy (non-hydrogen) atoms. The molecule has 0 amide bonds. The van der Waals surface area contributed by atoms with Gasteiger partial charge in [0.2, 0.25) is 0 Å². The molecule has 0 bridgehead atoms. The molecule has 1 unspecified atom stereocenters. The van der Waals surface area contributed by atoms with Crippen LogP contribution >= 0.6 is 11.6 Å². The van der Waals surface area contributed by atoms with Crippen LogP contribution in [-0.2, 0) is 16.3 Å². The summed E-state index contributed by atoms with van der Waals surface area (Å²) in [6.45, 7) is 1.50. The number of nitrogens with one attached hydrogen (secondary N) is 1. The zero-order valence-corrected chi connectivity index (χ0v) is 12.6. The summed E-state index contributed by atoms with van der Waals surface area (Å²) in [4.78, 5) is 0. The normalized spacial score (nSPS) is 27.2. The maximum atomic E-state index is 13.9. The van der Waals surface area contributed by atoms with Gasteiger partial charge in [-0.25, -0.2) is 12.8 Å². The molecule has 110 valence electrons. The Kier molecular flexibility index (Phi) is 3.55. The Labute approximate surface area is 123 Å². The van der Waals surface area contributed by atoms with E-state index in [0.29, 0.717) is 23.4 Å². The Morgan fingerprint density at radius 2 is 2.15 bits per heavy atom. The molecule has 1 aromatic rings. The van der Waals surface area contributed by atoms with E-state index in [4.69, 9.17) is 11.6 Å². The lowest BCUT2D eigenvalue weighted by molar-refractivity contribution is 0.0913. The number of rotatable bonds is 3. The Morgan fingerprint density at radius 3 is 2.70 bits per heavy atom. The van der Waals surface area contributed by atoms with Gasteiger partial charge in [-0.2, -0.15) is 0 Å². The molecule has 3 nitrogen and oxygen atoms in total. The van der Waals surface area contributed by atoms with Gasteiger partial charge in [0, 0.05) is 23.5 Å². The predicted molar refractivity (Wildman–Crippen MR) is 77.2 cm³/mol. The zero-order valence-electron chi connectivity index (χ0n) is 11.0. The monoisotopic (exact) mass is 317 g/mol. The van der Waals surface area contributed by atoms with Crippen LogP contribution in [0.5, 0.6) is 0 Å². The highest BCUT2D eigenvalue weighted by Gasteiger charge is 2.48. The zero-order chi connectivity index (χ0) is 14.4. The highest BCUT2D eigenvalue weighted by atomic mass is 35.5. The highest BCUT2D eigenvalue weighted by Crippen LogP contribution is 2.42. The van der Waals surface area contributed by atoms with E-state index in [9.17, 15) is 12.8 Å². The minimum atomic E-state index is -2.91. The number of halogens is 2. The lowest BCUT2D eigenvalue weighted by Crippen LogP contribution is -2.59. The molecule has 0 aromatic heterocycles. The summed E-state index contributed by atoms with van der Waals surface area (Å²) in [6.07, 6.45) is 1.23. The van der Waals surface area contributed by atoms with Crippen molar-refractivity contribution in [2.45, 2.75) is 12.8 Å². The molecule has 1 atom stereocenters. The first-order valence-electron chi connectivity index (χ1n) is 6.75. The van der Waals surface area contributed by atoms with Crippen LogP contribution in [0.15, 0.2) is 18.2 Å². The fourth-order valence-electron chi connectivity index (χ4n) is 3.34. The summed E-state index contributed by atoms with van der Waals surface area (Å²) in [7, 11) is -2.91. The van der Waals surface area contributed by atoms with Crippen LogP contribution in [-0.4, -0.2) is 33.0 Å². The number of benzene rings is 1. The molecule has 1 aromatic carbocycles. The second-order valence-corrected chi connectivity index (χ2v) is 8.64. The summed E-state index contributed by atoms with van der Waals surface area (Å²) >= 11 is 5.93. The van der Waals surface area contributed by atoms with Gasteiger partial charge in [-0.05, 0) is 42.5 Å². The standard InChI is InChI=1S/C14H17ClFNO2S/c15-12-1-2-13(16)10(5-12)6-14(8-17-9-14)11-3-4-20(18,19)7-11/h1-2,5,11,17H,3-4,6-9H2. The van der Waals surface area contributed by atoms with E-state index in [0.717, 1.165) is 13.1 Å². The van der Waals surface area contributed by atoms with Gasteiger partial charge >= 0.3 is 0 Å². The van der Waals surface area contributed by atoms with Crippen LogP contribution in [0.1, 0.15) is 12.0 Å². The summed E-state index contributed by atoms with van der Waals surface area (Å²) in [6, 6.07) is 4.56. The molecule has 2 heterocycles. The van der Waals surface area contributed by atoms with Crippen molar-refractivity contribution in [1.82, 2.24) is 5.32 Å². The van der Waals surface area contributed by atoms with Gasteiger partial charge in [0.05, 0.1) is 11.5 Å². The van der Waals surface area contributed by atoms with Crippen molar-refractivity contribution in [2.24, 2.45) is 11.3 Å². The molecule has 2 saturated heterocycles. The number of sulfone groups is 1. The maximum absolute atomic E-state index is 13.9. The Morgan fingerprint density at radius 1 is 1.40 bits per heavy atom. The SMILES string of the molecule is O=S1(=O)CCC(C2(Cc3cc(Cl)ccc3F)CNC2)C1. The van der Waals surface area contributed by atoms with Gasteiger partial charge in [0.15, 0.2) is 9.84 Å². The predicted octanol–water partition coefficient (Wildman–Crippen LogP) is 2.05. The van der Waals surface area contributed by atoms with E-state index in [-0.39, 0.29) is 28.7 Å². The van der Waals surface area contributed by atoms with E-state index in [2.05, 4.69) is 5.32 Å². The van der Waals surface area contributed by atoms with Crippen LogP contribution in [0, 0.1) is 17.2 Å². The van der Waals surface area contributed by atoms with Crippen molar-refractivity contribution in [3.8, 4) is 0 Å². The van der Waals surface area contributed by atoms with Gasteiger partial charge in [0.1, 0.15) is 5.82 Å². The number of hydrogen-bond acceptors (Lipinski definition) is 3. The molecular formula is C14H17ClFNO2S. The smallest absolute Gasteiger partial charge is 0.150 e. The first-order valence-corrected chi connectivity index (χ1v) is 8.95. The average molecular weight is 318 g/mol. The minimum absolute atomic E-state index is 0.118. The van der Waals surface area contributed by atoms with Crippen molar-refractivity contribution >= 4 is 21.4 Å². The third kappa shape index (κ3) is 2.59. The molecule has 0 spiro atoms. The largest absolute Gasteiger partial charge is 0.315 e. The van der Waals surface area contributed by atoms with Crippen molar-refractivity contribution in [3.63, 3.8) is 0 Å². The van der Waals surface area contributed by atoms with Crippen molar-refractivity contribution in [3.05, 3.63) is 34.6 Å². The quantitative estimate of drug-likeness (QED) is 0.928. The number of hydrogen-bond donors (Lipinski definition) is 1. The summed E-state index contributed by atoms with van der Waals surface area (Å²) < 4.78 is 37.3. The lowest BCUT2D eigenvalue weighted by Gasteiger charge is -2.47. The highest BCUT2D eigenvalue weighted by molar-refractivity contribution is 7.91. The third-order valence-corrected chi connectivity index (χ3v) is 6.61. The van der Waals surface area contributed by atoms with Crippen molar-refractivity contribution in [2.75, 3.05) is 24.6 Å². The summed E-state index contributed by atoms with van der Waals surface area (Å²) in [5, 5.41) is 3.73. The van der Waals surface area contributed by atoms with E-state index >= 15 is 0 Å². The summed E-state index contributed by atoms with van der Waals surface area (Å²) in [5.74, 6) is 0.350. The molecule has 2 fully saturated rings. The van der Waals surface area contributed by atoms with Crippen LogP contribution < -0.4 is 5.32 Å². The Bertz CT molecular complexity index is 628. The molecule has 2 aliphatic heterocycles. The van der Waals surface area contributed by atoms with Crippen LogP contribution in [0.2, 0.25) is 5.02 Å². The first-order chi connectivity index (χ1) is 9.40. The van der Waals surface area contributed by atoms with E-state index < -0.39 is 9.84 Å². The third-order valence-electron chi connectivity index (χ3n) is 4.60. The average Bonchev–Trinajstić information content (AvgIpc) is 2.69. The van der Waals surface area contributed by atoms with Crippen LogP contribution in [0.4, 0.5) is 4.39 Å². The molecule has 0 radical (unpaired) electrons. The second-order valence-electron chi connectivity index (χ2n) is 5.98. The summed E-state index contributed by atoms with van der Waals surface area (Å²) in [5.41, 5.74) is 0.443. The van der Waals surface area contributed by atoms with E-state index in [1.165, 1.54) is 12.1 Å². The van der Waals surface area contributed by atoms with Crippen molar-refractivity contribution < 1.29 is 12.8 Å². The molecule has 1 N–H and O–H groups in total. The molecule has 0 aliphatic carbocycles. The van der Waals surface area contributed by atoms with Crippen LogP contribution in [0.3, 0.4) is 0 Å². The van der Waals surface area contributed by atoms with Crippen molar-refractivity contribution in [1.29, 1.82) is 0 Å². The maximum Gasteiger partial charge on any atom is 0.150 e. The Hall–Kier alpha value is -0.650. The van der Waals surface area contributed by atoms with Gasteiger partial charge in [-0.3, -0.25) is 0 Å². The first kappa shape index (κ1) is 14.3. The van der Waals surface area contributed by atoms with E-state index in [1.807, 2.05) is 0 Å². The molecular weight excluding hydrogens is 301 g/mol. The molecule has 0 saturated carbocycles. The fraction of sp³-hybridized carbons (Fsp3) is 0.571. The molecule has 6 heteroatoms. The minimum Gasteiger partial charge on any atom is -0.315 e. The molecule has 3 rings (SSSR count). The topological polar surface area (TPSA) is 46.2 Å². The van der Waals surface area contributed by atoms with Gasteiger partial charge in [0.25, 0.3) is 0 Å².